The van der Waals surface area contributed by atoms with Gasteiger partial charge in [-0.3, -0.25) is 0 Å². The number of hydrogen-bond donors (Lipinski definition) is 1. The van der Waals surface area contributed by atoms with E-state index in [2.05, 4.69) is 4.90 Å². The summed E-state index contributed by atoms with van der Waals surface area (Å²) in [5.74, 6) is -0.322. The van der Waals surface area contributed by atoms with Gasteiger partial charge in [0.25, 0.3) is 0 Å². The minimum absolute atomic E-state index is 0.237. The van der Waals surface area contributed by atoms with Crippen molar-refractivity contribution in [1.82, 2.24) is 0 Å². The molecule has 0 spiro atoms. The van der Waals surface area contributed by atoms with E-state index >= 15 is 0 Å². The molecule has 0 atom stereocenters. The van der Waals surface area contributed by atoms with Gasteiger partial charge in [-0.25, -0.2) is 4.39 Å². The summed E-state index contributed by atoms with van der Waals surface area (Å²) < 4.78 is 13.3. The van der Waals surface area contributed by atoms with E-state index < -0.39 is 0 Å². The molecule has 2 rings (SSSR count). The van der Waals surface area contributed by atoms with E-state index in [0.717, 1.165) is 18.5 Å². The van der Waals surface area contributed by atoms with Gasteiger partial charge < -0.3 is 10.0 Å². The van der Waals surface area contributed by atoms with Gasteiger partial charge in [-0.1, -0.05) is 6.07 Å². The number of rotatable bonds is 3. The highest BCUT2D eigenvalue weighted by Gasteiger charge is 2.27. The molecule has 0 aromatic heterocycles. The summed E-state index contributed by atoms with van der Waals surface area (Å²) in [7, 11) is 1.95. The lowest BCUT2D eigenvalue weighted by Crippen LogP contribution is -2.21. The lowest BCUT2D eigenvalue weighted by molar-refractivity contribution is 0.276. The molecule has 1 aliphatic carbocycles. The summed E-state index contributed by atoms with van der Waals surface area (Å²) in [6, 6.07) is 5.45. The lowest BCUT2D eigenvalue weighted by atomic mass is 10.1. The molecule has 0 radical (unpaired) electrons. The van der Waals surface area contributed by atoms with Gasteiger partial charge in [-0.2, -0.15) is 0 Å². The standard InChI is InChI=1S/C11H14FNO/c1-13(8-5-6-8)11-4-2-3-10(12)9(11)7-14/h2-4,8,14H,5-7H2,1H3. The van der Waals surface area contributed by atoms with Crippen LogP contribution >= 0.6 is 0 Å². The maximum Gasteiger partial charge on any atom is 0.130 e. The SMILES string of the molecule is CN(c1cccc(F)c1CO)C1CC1. The van der Waals surface area contributed by atoms with Crippen LogP contribution in [-0.2, 0) is 6.61 Å². The summed E-state index contributed by atoms with van der Waals surface area (Å²) in [4.78, 5) is 2.05. The molecule has 1 aromatic rings. The van der Waals surface area contributed by atoms with Crippen LogP contribution in [0.3, 0.4) is 0 Å². The van der Waals surface area contributed by atoms with E-state index in [1.165, 1.54) is 6.07 Å². The van der Waals surface area contributed by atoms with Crippen molar-refractivity contribution < 1.29 is 9.50 Å². The molecule has 1 N–H and O–H groups in total. The van der Waals surface area contributed by atoms with Crippen LogP contribution < -0.4 is 4.90 Å². The van der Waals surface area contributed by atoms with Gasteiger partial charge in [0.1, 0.15) is 5.82 Å². The van der Waals surface area contributed by atoms with Gasteiger partial charge in [-0.05, 0) is 25.0 Å². The fourth-order valence-corrected chi connectivity index (χ4v) is 1.69. The maximum absolute atomic E-state index is 13.3. The molecular formula is C11H14FNO. The van der Waals surface area contributed by atoms with Crippen LogP contribution in [0.5, 0.6) is 0 Å². The Morgan fingerprint density at radius 1 is 1.50 bits per heavy atom. The predicted octanol–water partition coefficient (Wildman–Crippen LogP) is 1.92. The summed E-state index contributed by atoms with van der Waals surface area (Å²) in [6.45, 7) is -0.237. The van der Waals surface area contributed by atoms with Crippen LogP contribution in [-0.4, -0.2) is 18.2 Å². The number of anilines is 1. The molecule has 0 bridgehead atoms. The minimum Gasteiger partial charge on any atom is -0.391 e. The Morgan fingerprint density at radius 3 is 2.79 bits per heavy atom. The van der Waals surface area contributed by atoms with Crippen molar-refractivity contribution in [2.75, 3.05) is 11.9 Å². The molecule has 1 aromatic carbocycles. The van der Waals surface area contributed by atoms with Gasteiger partial charge in [0.15, 0.2) is 0 Å². The summed E-state index contributed by atoms with van der Waals surface area (Å²) in [5, 5.41) is 9.08. The Kier molecular flexibility index (Phi) is 2.42. The number of aliphatic hydroxyl groups is 1. The fraction of sp³-hybridized carbons (Fsp3) is 0.455. The third-order valence-electron chi connectivity index (χ3n) is 2.73. The van der Waals surface area contributed by atoms with Gasteiger partial charge >= 0.3 is 0 Å². The number of nitrogens with zero attached hydrogens (tertiary/aromatic N) is 1. The minimum atomic E-state index is -0.322. The lowest BCUT2D eigenvalue weighted by Gasteiger charge is -2.21. The first-order valence-electron chi connectivity index (χ1n) is 4.85. The summed E-state index contributed by atoms with van der Waals surface area (Å²) in [5.41, 5.74) is 1.22. The Hall–Kier alpha value is -1.09. The van der Waals surface area contributed by atoms with Crippen LogP contribution in [0.1, 0.15) is 18.4 Å². The van der Waals surface area contributed by atoms with Crippen LogP contribution in [0.2, 0.25) is 0 Å². The molecule has 3 heteroatoms. The summed E-state index contributed by atoms with van der Waals surface area (Å²) in [6.07, 6.45) is 2.33. The zero-order chi connectivity index (χ0) is 10.1. The number of aliphatic hydroxyl groups excluding tert-OH is 1. The molecule has 14 heavy (non-hydrogen) atoms. The molecule has 0 saturated heterocycles. The number of benzene rings is 1. The third kappa shape index (κ3) is 1.60. The highest BCUT2D eigenvalue weighted by molar-refractivity contribution is 5.54. The average molecular weight is 195 g/mol. The zero-order valence-corrected chi connectivity index (χ0v) is 8.20. The van der Waals surface area contributed by atoms with Gasteiger partial charge in [-0.15, -0.1) is 0 Å². The molecule has 1 aliphatic rings. The largest absolute Gasteiger partial charge is 0.391 e. The van der Waals surface area contributed by atoms with Crippen LogP contribution in [0, 0.1) is 5.82 Å². The van der Waals surface area contributed by atoms with E-state index in [1.807, 2.05) is 13.1 Å². The Morgan fingerprint density at radius 2 is 2.21 bits per heavy atom. The normalized spacial score (nSPS) is 15.6. The third-order valence-corrected chi connectivity index (χ3v) is 2.73. The smallest absolute Gasteiger partial charge is 0.130 e. The second-order valence-corrected chi connectivity index (χ2v) is 3.74. The second-order valence-electron chi connectivity index (χ2n) is 3.74. The highest BCUT2D eigenvalue weighted by atomic mass is 19.1. The molecular weight excluding hydrogens is 181 g/mol. The summed E-state index contributed by atoms with van der Waals surface area (Å²) >= 11 is 0. The quantitative estimate of drug-likeness (QED) is 0.796. The van der Waals surface area contributed by atoms with E-state index in [1.54, 1.807) is 6.07 Å². The van der Waals surface area contributed by atoms with Gasteiger partial charge in [0.05, 0.1) is 6.61 Å². The molecule has 0 aliphatic heterocycles. The van der Waals surface area contributed by atoms with Crippen LogP contribution in [0.4, 0.5) is 10.1 Å². The van der Waals surface area contributed by atoms with E-state index in [-0.39, 0.29) is 12.4 Å². The van der Waals surface area contributed by atoms with Crippen molar-refractivity contribution in [3.8, 4) is 0 Å². The van der Waals surface area contributed by atoms with Crippen molar-refractivity contribution in [3.05, 3.63) is 29.6 Å². The number of halogens is 1. The Bertz CT molecular complexity index is 336. The van der Waals surface area contributed by atoms with E-state index in [0.29, 0.717) is 11.6 Å². The van der Waals surface area contributed by atoms with Crippen LogP contribution in [0.25, 0.3) is 0 Å². The monoisotopic (exact) mass is 195 g/mol. The van der Waals surface area contributed by atoms with Crippen molar-refractivity contribution in [3.63, 3.8) is 0 Å². The molecule has 1 fully saturated rings. The first-order valence-corrected chi connectivity index (χ1v) is 4.85. The molecule has 0 unspecified atom stereocenters. The zero-order valence-electron chi connectivity index (χ0n) is 8.20. The molecule has 2 nitrogen and oxygen atoms in total. The van der Waals surface area contributed by atoms with Gasteiger partial charge in [0, 0.05) is 24.3 Å². The van der Waals surface area contributed by atoms with E-state index in [4.69, 9.17) is 5.11 Å². The average Bonchev–Trinajstić information content (AvgIpc) is 2.99. The topological polar surface area (TPSA) is 23.5 Å². The fourth-order valence-electron chi connectivity index (χ4n) is 1.69. The highest BCUT2D eigenvalue weighted by Crippen LogP contribution is 2.32. The number of hydrogen-bond acceptors (Lipinski definition) is 2. The first-order chi connectivity index (χ1) is 6.74. The van der Waals surface area contributed by atoms with Crippen molar-refractivity contribution in [2.45, 2.75) is 25.5 Å². The van der Waals surface area contributed by atoms with E-state index in [9.17, 15) is 4.39 Å². The van der Waals surface area contributed by atoms with Crippen LogP contribution in [0.15, 0.2) is 18.2 Å². The molecule has 1 saturated carbocycles. The Balaban J connectivity index is 2.35. The van der Waals surface area contributed by atoms with Crippen molar-refractivity contribution >= 4 is 5.69 Å². The maximum atomic E-state index is 13.3. The second kappa shape index (κ2) is 3.58. The molecule has 0 heterocycles. The van der Waals surface area contributed by atoms with Crippen molar-refractivity contribution in [2.24, 2.45) is 0 Å². The van der Waals surface area contributed by atoms with Crippen molar-refractivity contribution in [1.29, 1.82) is 0 Å². The first kappa shape index (κ1) is 9.46. The molecule has 0 amide bonds. The van der Waals surface area contributed by atoms with Gasteiger partial charge in [0.2, 0.25) is 0 Å². The predicted molar refractivity (Wildman–Crippen MR) is 53.7 cm³/mol. The molecule has 76 valence electrons. The Labute approximate surface area is 83.0 Å².